The minimum Gasteiger partial charge on any atom is -0.489 e. The maximum absolute atomic E-state index is 10.5. The van der Waals surface area contributed by atoms with Crippen LogP contribution in [-0.4, -0.2) is 45.8 Å². The fourth-order valence-corrected chi connectivity index (χ4v) is 1.62. The lowest BCUT2D eigenvalue weighted by atomic mass is 10.4. The number of nitrogens with one attached hydrogen (secondary N) is 1. The standard InChI is InChI=1S/C13H16N4O5/c1-9(18)6-14-4-5-21-10-7-15-13(16-8-10)11-2-3-12(22-11)17(19)20/h2-3,7-9,14,18H,4-6H2,1H3. The first-order valence-electron chi connectivity index (χ1n) is 6.64. The first kappa shape index (κ1) is 15.9. The molecular weight excluding hydrogens is 292 g/mol. The van der Waals surface area contributed by atoms with Crippen molar-refractivity contribution in [3.05, 3.63) is 34.6 Å². The Kier molecular flexibility index (Phi) is 5.39. The van der Waals surface area contributed by atoms with Gasteiger partial charge in [-0.3, -0.25) is 10.1 Å². The molecule has 0 radical (unpaired) electrons. The third-order valence-electron chi connectivity index (χ3n) is 2.61. The van der Waals surface area contributed by atoms with Crippen molar-refractivity contribution >= 4 is 5.88 Å². The van der Waals surface area contributed by atoms with E-state index in [1.54, 1.807) is 6.92 Å². The fraction of sp³-hybridized carbons (Fsp3) is 0.385. The van der Waals surface area contributed by atoms with Crippen LogP contribution in [0.1, 0.15) is 6.92 Å². The van der Waals surface area contributed by atoms with Crippen LogP contribution >= 0.6 is 0 Å². The first-order valence-corrected chi connectivity index (χ1v) is 6.64. The Morgan fingerprint density at radius 2 is 2.18 bits per heavy atom. The monoisotopic (exact) mass is 308 g/mol. The maximum atomic E-state index is 10.5. The summed E-state index contributed by atoms with van der Waals surface area (Å²) in [7, 11) is 0. The molecule has 0 fully saturated rings. The number of ether oxygens (including phenoxy) is 1. The highest BCUT2D eigenvalue weighted by Crippen LogP contribution is 2.23. The summed E-state index contributed by atoms with van der Waals surface area (Å²) in [6.45, 7) is 3.17. The fourth-order valence-electron chi connectivity index (χ4n) is 1.62. The van der Waals surface area contributed by atoms with E-state index in [0.29, 0.717) is 25.4 Å². The number of furan rings is 1. The van der Waals surface area contributed by atoms with Crippen LogP contribution in [0.4, 0.5) is 5.88 Å². The van der Waals surface area contributed by atoms with Gasteiger partial charge >= 0.3 is 5.88 Å². The van der Waals surface area contributed by atoms with E-state index in [-0.39, 0.29) is 17.5 Å². The number of aliphatic hydroxyl groups excluding tert-OH is 1. The van der Waals surface area contributed by atoms with Crippen molar-refractivity contribution in [2.75, 3.05) is 19.7 Å². The Bertz CT molecular complexity index is 611. The summed E-state index contributed by atoms with van der Waals surface area (Å²) in [4.78, 5) is 18.0. The average Bonchev–Trinajstić information content (AvgIpc) is 2.97. The zero-order valence-electron chi connectivity index (χ0n) is 11.9. The molecule has 0 aliphatic heterocycles. The second kappa shape index (κ2) is 7.48. The van der Waals surface area contributed by atoms with Gasteiger partial charge in [-0.05, 0) is 13.0 Å². The van der Waals surface area contributed by atoms with Gasteiger partial charge in [0, 0.05) is 13.1 Å². The van der Waals surface area contributed by atoms with Crippen molar-refractivity contribution in [3.8, 4) is 17.3 Å². The molecule has 0 amide bonds. The van der Waals surface area contributed by atoms with Gasteiger partial charge in [-0.25, -0.2) is 9.97 Å². The van der Waals surface area contributed by atoms with Gasteiger partial charge in [0.25, 0.3) is 0 Å². The van der Waals surface area contributed by atoms with Crippen molar-refractivity contribution in [2.45, 2.75) is 13.0 Å². The van der Waals surface area contributed by atoms with Gasteiger partial charge in [0.05, 0.1) is 24.6 Å². The molecular formula is C13H16N4O5. The lowest BCUT2D eigenvalue weighted by Crippen LogP contribution is -2.28. The molecule has 2 heterocycles. The molecule has 9 heteroatoms. The number of nitro groups is 1. The Labute approximate surface area is 126 Å². The van der Waals surface area contributed by atoms with Gasteiger partial charge < -0.3 is 19.6 Å². The Morgan fingerprint density at radius 1 is 1.45 bits per heavy atom. The highest BCUT2D eigenvalue weighted by molar-refractivity contribution is 5.48. The molecule has 2 aromatic rings. The highest BCUT2D eigenvalue weighted by atomic mass is 16.6. The summed E-state index contributed by atoms with van der Waals surface area (Å²) >= 11 is 0. The largest absolute Gasteiger partial charge is 0.489 e. The number of nitrogens with zero attached hydrogens (tertiary/aromatic N) is 3. The van der Waals surface area contributed by atoms with Crippen LogP contribution in [0.3, 0.4) is 0 Å². The van der Waals surface area contributed by atoms with Gasteiger partial charge in [0.15, 0.2) is 17.3 Å². The molecule has 2 N–H and O–H groups in total. The molecule has 2 rings (SSSR count). The molecule has 0 aromatic carbocycles. The van der Waals surface area contributed by atoms with E-state index in [9.17, 15) is 10.1 Å². The van der Waals surface area contributed by atoms with Gasteiger partial charge in [-0.2, -0.15) is 0 Å². The topological polar surface area (TPSA) is 124 Å². The third kappa shape index (κ3) is 4.50. The second-order valence-electron chi connectivity index (χ2n) is 4.54. The summed E-state index contributed by atoms with van der Waals surface area (Å²) in [5.41, 5.74) is 0. The van der Waals surface area contributed by atoms with Crippen LogP contribution in [0.15, 0.2) is 28.9 Å². The smallest absolute Gasteiger partial charge is 0.433 e. The van der Waals surface area contributed by atoms with Crippen molar-refractivity contribution in [1.29, 1.82) is 0 Å². The zero-order chi connectivity index (χ0) is 15.9. The minimum absolute atomic E-state index is 0.219. The van der Waals surface area contributed by atoms with Crippen LogP contribution in [0.25, 0.3) is 11.6 Å². The zero-order valence-corrected chi connectivity index (χ0v) is 11.9. The normalized spacial score (nSPS) is 12.1. The van der Waals surface area contributed by atoms with Crippen molar-refractivity contribution in [2.24, 2.45) is 0 Å². The molecule has 22 heavy (non-hydrogen) atoms. The number of aromatic nitrogens is 2. The molecule has 0 spiro atoms. The van der Waals surface area contributed by atoms with Crippen LogP contribution in [0, 0.1) is 10.1 Å². The average molecular weight is 308 g/mol. The lowest BCUT2D eigenvalue weighted by molar-refractivity contribution is -0.401. The second-order valence-corrected chi connectivity index (χ2v) is 4.54. The van der Waals surface area contributed by atoms with Crippen LogP contribution < -0.4 is 10.1 Å². The van der Waals surface area contributed by atoms with Gasteiger partial charge in [0.1, 0.15) is 11.5 Å². The number of hydrogen-bond acceptors (Lipinski definition) is 8. The van der Waals surface area contributed by atoms with Crippen LogP contribution in [-0.2, 0) is 0 Å². The summed E-state index contributed by atoms with van der Waals surface area (Å²) in [5.74, 6) is 0.580. The molecule has 1 unspecified atom stereocenters. The molecule has 0 saturated heterocycles. The van der Waals surface area contributed by atoms with E-state index in [1.807, 2.05) is 0 Å². The van der Waals surface area contributed by atoms with Gasteiger partial charge in [-0.15, -0.1) is 0 Å². The number of rotatable bonds is 8. The van der Waals surface area contributed by atoms with E-state index < -0.39 is 11.0 Å². The maximum Gasteiger partial charge on any atom is 0.433 e. The molecule has 118 valence electrons. The quantitative estimate of drug-likeness (QED) is 0.420. The number of hydrogen-bond donors (Lipinski definition) is 2. The van der Waals surface area contributed by atoms with Crippen molar-refractivity contribution in [1.82, 2.24) is 15.3 Å². The Morgan fingerprint density at radius 3 is 2.77 bits per heavy atom. The van der Waals surface area contributed by atoms with E-state index >= 15 is 0 Å². The van der Waals surface area contributed by atoms with Crippen molar-refractivity contribution < 1.29 is 19.2 Å². The first-order chi connectivity index (χ1) is 10.6. The van der Waals surface area contributed by atoms with Crippen LogP contribution in [0.2, 0.25) is 0 Å². The molecule has 0 bridgehead atoms. The van der Waals surface area contributed by atoms with E-state index in [4.69, 9.17) is 14.3 Å². The van der Waals surface area contributed by atoms with Crippen LogP contribution in [0.5, 0.6) is 5.75 Å². The van der Waals surface area contributed by atoms with Gasteiger partial charge in [-0.1, -0.05) is 0 Å². The van der Waals surface area contributed by atoms with Crippen molar-refractivity contribution in [3.63, 3.8) is 0 Å². The minimum atomic E-state index is -0.624. The lowest BCUT2D eigenvalue weighted by Gasteiger charge is -2.08. The number of aliphatic hydroxyl groups is 1. The summed E-state index contributed by atoms with van der Waals surface area (Å²) in [6.07, 6.45) is 2.52. The summed E-state index contributed by atoms with van der Waals surface area (Å²) < 4.78 is 10.4. The van der Waals surface area contributed by atoms with E-state index in [0.717, 1.165) is 0 Å². The Balaban J connectivity index is 1.86. The highest BCUT2D eigenvalue weighted by Gasteiger charge is 2.14. The summed E-state index contributed by atoms with van der Waals surface area (Å²) in [5, 5.41) is 22.6. The molecule has 0 aliphatic carbocycles. The molecule has 2 aromatic heterocycles. The molecule has 1 atom stereocenters. The molecule has 0 saturated carbocycles. The summed E-state index contributed by atoms with van der Waals surface area (Å²) in [6, 6.07) is 2.69. The van der Waals surface area contributed by atoms with E-state index in [1.165, 1.54) is 24.5 Å². The SMILES string of the molecule is CC(O)CNCCOc1cnc(-c2ccc([N+](=O)[O-])o2)nc1. The molecule has 0 aliphatic rings. The third-order valence-corrected chi connectivity index (χ3v) is 2.61. The Hall–Kier alpha value is -2.52. The van der Waals surface area contributed by atoms with E-state index in [2.05, 4.69) is 15.3 Å². The predicted molar refractivity (Wildman–Crippen MR) is 76.4 cm³/mol. The predicted octanol–water partition coefficient (Wildman–Crippen LogP) is 0.994. The van der Waals surface area contributed by atoms with Gasteiger partial charge in [0.2, 0.25) is 0 Å². The molecule has 9 nitrogen and oxygen atoms in total.